The molecule has 0 unspecified atom stereocenters. The second-order valence-electron chi connectivity index (χ2n) is 3.82. The lowest BCUT2D eigenvalue weighted by Gasteiger charge is -2.05. The first-order valence-corrected chi connectivity index (χ1v) is 5.58. The largest absolute Gasteiger partial charge is 0.382 e. The molecule has 0 saturated carbocycles. The van der Waals surface area contributed by atoms with Crippen LogP contribution in [-0.4, -0.2) is 30.9 Å². The molecule has 2 heterocycles. The first kappa shape index (κ1) is 12.1. The van der Waals surface area contributed by atoms with Crippen molar-refractivity contribution in [3.8, 4) is 0 Å². The standard InChI is InChI=1S/C10H15N7O/c1-3-17-5-13-15-7(17)4-12-10(18)8-6(2)14-16-9(8)11/h5H,3-4H2,1-2H3,(H,12,18)(H3,11,14,16). The van der Waals surface area contributed by atoms with Crippen molar-refractivity contribution in [1.82, 2.24) is 30.3 Å². The van der Waals surface area contributed by atoms with E-state index in [1.165, 1.54) is 0 Å². The van der Waals surface area contributed by atoms with Crippen molar-refractivity contribution in [2.45, 2.75) is 26.9 Å². The summed E-state index contributed by atoms with van der Waals surface area (Å²) in [5, 5.41) is 16.9. The molecule has 0 aliphatic rings. The third kappa shape index (κ3) is 2.17. The van der Waals surface area contributed by atoms with Crippen molar-refractivity contribution in [2.75, 3.05) is 5.73 Å². The predicted octanol–water partition coefficient (Wildman–Crippen LogP) is -0.158. The van der Waals surface area contributed by atoms with Crippen LogP contribution in [0.2, 0.25) is 0 Å². The number of aromatic nitrogens is 5. The van der Waals surface area contributed by atoms with E-state index >= 15 is 0 Å². The number of amides is 1. The van der Waals surface area contributed by atoms with Gasteiger partial charge in [-0.05, 0) is 13.8 Å². The van der Waals surface area contributed by atoms with E-state index in [1.54, 1.807) is 13.3 Å². The molecular weight excluding hydrogens is 234 g/mol. The number of hydrogen-bond acceptors (Lipinski definition) is 5. The minimum atomic E-state index is -0.274. The Morgan fingerprint density at radius 3 is 3.00 bits per heavy atom. The molecule has 0 spiro atoms. The lowest BCUT2D eigenvalue weighted by Crippen LogP contribution is -2.25. The summed E-state index contributed by atoms with van der Waals surface area (Å²) in [5.74, 6) is 0.622. The maximum absolute atomic E-state index is 11.9. The Labute approximate surface area is 104 Å². The highest BCUT2D eigenvalue weighted by Crippen LogP contribution is 2.11. The first-order chi connectivity index (χ1) is 8.63. The van der Waals surface area contributed by atoms with E-state index in [0.29, 0.717) is 23.6 Å². The van der Waals surface area contributed by atoms with Crippen molar-refractivity contribution in [1.29, 1.82) is 0 Å². The van der Waals surface area contributed by atoms with Crippen LogP contribution in [0.25, 0.3) is 0 Å². The van der Waals surface area contributed by atoms with Crippen molar-refractivity contribution in [3.05, 3.63) is 23.4 Å². The van der Waals surface area contributed by atoms with Gasteiger partial charge in [-0.3, -0.25) is 9.89 Å². The number of nitrogen functional groups attached to an aromatic ring is 1. The number of aromatic amines is 1. The van der Waals surface area contributed by atoms with Gasteiger partial charge in [0, 0.05) is 12.2 Å². The minimum Gasteiger partial charge on any atom is -0.382 e. The summed E-state index contributed by atoms with van der Waals surface area (Å²) in [5.41, 5.74) is 6.62. The van der Waals surface area contributed by atoms with Crippen LogP contribution in [0.4, 0.5) is 5.82 Å². The van der Waals surface area contributed by atoms with E-state index in [4.69, 9.17) is 5.73 Å². The molecular formula is C10H15N7O. The molecule has 8 heteroatoms. The summed E-state index contributed by atoms with van der Waals surface area (Å²) >= 11 is 0. The van der Waals surface area contributed by atoms with E-state index in [1.807, 2.05) is 11.5 Å². The molecule has 0 fully saturated rings. The molecule has 96 valence electrons. The van der Waals surface area contributed by atoms with Gasteiger partial charge >= 0.3 is 0 Å². The Kier molecular flexibility index (Phi) is 3.26. The van der Waals surface area contributed by atoms with Gasteiger partial charge in [-0.2, -0.15) is 5.10 Å². The molecule has 0 aliphatic carbocycles. The highest BCUT2D eigenvalue weighted by atomic mass is 16.1. The minimum absolute atomic E-state index is 0.196. The van der Waals surface area contributed by atoms with E-state index in [2.05, 4.69) is 25.7 Å². The third-order valence-corrected chi connectivity index (χ3v) is 2.65. The summed E-state index contributed by atoms with van der Waals surface area (Å²) in [6.45, 7) is 4.78. The molecule has 0 aliphatic heterocycles. The van der Waals surface area contributed by atoms with Gasteiger partial charge in [0.15, 0.2) is 11.6 Å². The second kappa shape index (κ2) is 4.86. The number of nitrogens with two attached hydrogens (primary N) is 1. The average molecular weight is 249 g/mol. The van der Waals surface area contributed by atoms with Gasteiger partial charge in [-0.1, -0.05) is 0 Å². The summed E-state index contributed by atoms with van der Waals surface area (Å²) in [6, 6.07) is 0. The zero-order valence-electron chi connectivity index (χ0n) is 10.3. The van der Waals surface area contributed by atoms with E-state index in [9.17, 15) is 4.79 Å². The van der Waals surface area contributed by atoms with Crippen LogP contribution in [0.3, 0.4) is 0 Å². The lowest BCUT2D eigenvalue weighted by molar-refractivity contribution is 0.0950. The molecule has 8 nitrogen and oxygen atoms in total. The quantitative estimate of drug-likeness (QED) is 0.696. The number of nitrogens with one attached hydrogen (secondary N) is 2. The van der Waals surface area contributed by atoms with Crippen molar-refractivity contribution in [2.24, 2.45) is 0 Å². The maximum atomic E-state index is 11.9. The molecule has 2 aromatic rings. The van der Waals surface area contributed by atoms with Crippen LogP contribution in [0.1, 0.15) is 28.8 Å². The summed E-state index contributed by atoms with van der Waals surface area (Å²) in [4.78, 5) is 11.9. The zero-order chi connectivity index (χ0) is 13.1. The molecule has 0 bridgehead atoms. The summed E-state index contributed by atoms with van der Waals surface area (Å²) in [7, 11) is 0. The fourth-order valence-corrected chi connectivity index (χ4v) is 1.66. The highest BCUT2D eigenvalue weighted by molar-refractivity contribution is 5.99. The summed E-state index contributed by atoms with van der Waals surface area (Å²) < 4.78 is 1.85. The first-order valence-electron chi connectivity index (χ1n) is 5.58. The lowest BCUT2D eigenvalue weighted by atomic mass is 10.2. The van der Waals surface area contributed by atoms with Gasteiger partial charge in [0.25, 0.3) is 5.91 Å². The van der Waals surface area contributed by atoms with Gasteiger partial charge in [-0.15, -0.1) is 10.2 Å². The molecule has 4 N–H and O–H groups in total. The number of aryl methyl sites for hydroxylation is 2. The van der Waals surface area contributed by atoms with Crippen LogP contribution in [-0.2, 0) is 13.1 Å². The zero-order valence-corrected chi connectivity index (χ0v) is 10.3. The Balaban J connectivity index is 2.05. The number of rotatable bonds is 4. The molecule has 1 amide bonds. The van der Waals surface area contributed by atoms with E-state index in [-0.39, 0.29) is 11.7 Å². The van der Waals surface area contributed by atoms with Crippen LogP contribution < -0.4 is 11.1 Å². The smallest absolute Gasteiger partial charge is 0.257 e. The molecule has 2 rings (SSSR count). The van der Waals surface area contributed by atoms with Crippen LogP contribution in [0.5, 0.6) is 0 Å². The van der Waals surface area contributed by atoms with E-state index in [0.717, 1.165) is 6.54 Å². The topological polar surface area (TPSA) is 115 Å². The monoisotopic (exact) mass is 249 g/mol. The Bertz CT molecular complexity index is 537. The van der Waals surface area contributed by atoms with Crippen molar-refractivity contribution < 1.29 is 4.79 Å². The van der Waals surface area contributed by atoms with Crippen molar-refractivity contribution in [3.63, 3.8) is 0 Å². The van der Waals surface area contributed by atoms with Crippen LogP contribution in [0, 0.1) is 6.92 Å². The number of anilines is 1. The van der Waals surface area contributed by atoms with Gasteiger partial charge in [0.1, 0.15) is 11.9 Å². The number of carbonyl (C=O) groups is 1. The van der Waals surface area contributed by atoms with Gasteiger partial charge in [0.05, 0.1) is 6.54 Å². The maximum Gasteiger partial charge on any atom is 0.257 e. The van der Waals surface area contributed by atoms with Gasteiger partial charge in [-0.25, -0.2) is 0 Å². The molecule has 0 saturated heterocycles. The predicted molar refractivity (Wildman–Crippen MR) is 64.6 cm³/mol. The van der Waals surface area contributed by atoms with Crippen molar-refractivity contribution >= 4 is 11.7 Å². The fraction of sp³-hybridized carbons (Fsp3) is 0.400. The number of carbonyl (C=O) groups excluding carboxylic acids is 1. The Morgan fingerprint density at radius 1 is 1.61 bits per heavy atom. The third-order valence-electron chi connectivity index (χ3n) is 2.65. The molecule has 0 aromatic carbocycles. The normalized spacial score (nSPS) is 10.6. The van der Waals surface area contributed by atoms with E-state index < -0.39 is 0 Å². The molecule has 18 heavy (non-hydrogen) atoms. The number of H-pyrrole nitrogens is 1. The average Bonchev–Trinajstić information content (AvgIpc) is 2.93. The SMILES string of the molecule is CCn1cnnc1CNC(=O)c1c(N)n[nH]c1C. The molecule has 0 radical (unpaired) electrons. The highest BCUT2D eigenvalue weighted by Gasteiger charge is 2.16. The van der Waals surface area contributed by atoms with Crippen LogP contribution in [0.15, 0.2) is 6.33 Å². The summed E-state index contributed by atoms with van der Waals surface area (Å²) in [6.07, 6.45) is 1.62. The van der Waals surface area contributed by atoms with Gasteiger partial charge < -0.3 is 15.6 Å². The number of hydrogen-bond donors (Lipinski definition) is 3. The molecule has 0 atom stereocenters. The fourth-order valence-electron chi connectivity index (χ4n) is 1.66. The molecule has 2 aromatic heterocycles. The number of nitrogens with zero attached hydrogens (tertiary/aromatic N) is 4. The second-order valence-corrected chi connectivity index (χ2v) is 3.82. The Morgan fingerprint density at radius 2 is 2.39 bits per heavy atom. The van der Waals surface area contributed by atoms with Crippen LogP contribution >= 0.6 is 0 Å². The Hall–Kier alpha value is -2.38. The van der Waals surface area contributed by atoms with Gasteiger partial charge in [0.2, 0.25) is 0 Å².